The number of nitrogens with zero attached hydrogens (tertiary/aromatic N) is 2. The van der Waals surface area contributed by atoms with Gasteiger partial charge in [0.25, 0.3) is 11.6 Å². The average Bonchev–Trinajstić information content (AvgIpc) is 2.37. The van der Waals surface area contributed by atoms with Gasteiger partial charge in [0, 0.05) is 25.7 Å². The first-order valence-electron chi connectivity index (χ1n) is 6.16. The summed E-state index contributed by atoms with van der Waals surface area (Å²) >= 11 is 5.92. The van der Waals surface area contributed by atoms with E-state index < -0.39 is 4.92 Å². The zero-order chi connectivity index (χ0) is 14.4. The summed E-state index contributed by atoms with van der Waals surface area (Å²) in [4.78, 5) is 23.8. The summed E-state index contributed by atoms with van der Waals surface area (Å²) in [6, 6.07) is 3.90. The van der Waals surface area contributed by atoms with Gasteiger partial charge in [0.05, 0.1) is 15.5 Å². The summed E-state index contributed by atoms with van der Waals surface area (Å²) in [7, 11) is 1.70. The summed E-state index contributed by atoms with van der Waals surface area (Å²) in [6.45, 7) is 2.75. The van der Waals surface area contributed by atoms with E-state index in [1.54, 1.807) is 11.9 Å². The van der Waals surface area contributed by atoms with Gasteiger partial charge < -0.3 is 4.90 Å². The molecule has 0 N–H and O–H groups in total. The first-order valence-corrected chi connectivity index (χ1v) is 6.54. The number of unbranched alkanes of at least 4 members (excludes halogenated alkanes) is 2. The molecule has 19 heavy (non-hydrogen) atoms. The zero-order valence-electron chi connectivity index (χ0n) is 11.1. The van der Waals surface area contributed by atoms with Crippen molar-refractivity contribution in [1.82, 2.24) is 4.90 Å². The molecular formula is C13H17ClN2O3. The van der Waals surface area contributed by atoms with E-state index in [9.17, 15) is 14.9 Å². The zero-order valence-corrected chi connectivity index (χ0v) is 11.8. The van der Waals surface area contributed by atoms with Crippen molar-refractivity contribution in [3.05, 3.63) is 38.9 Å². The molecule has 1 aromatic carbocycles. The van der Waals surface area contributed by atoms with Crippen LogP contribution in [0.25, 0.3) is 0 Å². The number of carbonyl (C=O) groups excluding carboxylic acids is 1. The van der Waals surface area contributed by atoms with Crippen LogP contribution in [-0.2, 0) is 0 Å². The first-order chi connectivity index (χ1) is 8.97. The second kappa shape index (κ2) is 7.09. The van der Waals surface area contributed by atoms with Crippen molar-refractivity contribution in [2.45, 2.75) is 26.2 Å². The van der Waals surface area contributed by atoms with Crippen molar-refractivity contribution < 1.29 is 9.72 Å². The SMILES string of the molecule is CCCCCN(C)C(=O)c1ccc([N+](=O)[O-])cc1Cl. The summed E-state index contributed by atoms with van der Waals surface area (Å²) in [5, 5.41) is 10.7. The van der Waals surface area contributed by atoms with Gasteiger partial charge in [-0.2, -0.15) is 0 Å². The van der Waals surface area contributed by atoms with E-state index in [0.717, 1.165) is 19.3 Å². The van der Waals surface area contributed by atoms with Crippen molar-refractivity contribution in [2.24, 2.45) is 0 Å². The van der Waals surface area contributed by atoms with Gasteiger partial charge >= 0.3 is 0 Å². The molecule has 1 aromatic rings. The highest BCUT2D eigenvalue weighted by molar-refractivity contribution is 6.34. The molecule has 0 aliphatic heterocycles. The van der Waals surface area contributed by atoms with E-state index in [-0.39, 0.29) is 16.6 Å². The molecule has 0 heterocycles. The molecule has 104 valence electrons. The number of hydrogen-bond donors (Lipinski definition) is 0. The van der Waals surface area contributed by atoms with Crippen LogP contribution in [0.15, 0.2) is 18.2 Å². The van der Waals surface area contributed by atoms with Crippen LogP contribution in [0.3, 0.4) is 0 Å². The van der Waals surface area contributed by atoms with Crippen LogP contribution in [0.1, 0.15) is 36.5 Å². The lowest BCUT2D eigenvalue weighted by Crippen LogP contribution is -2.28. The maximum Gasteiger partial charge on any atom is 0.270 e. The smallest absolute Gasteiger partial charge is 0.270 e. The molecule has 0 unspecified atom stereocenters. The molecule has 0 spiro atoms. The van der Waals surface area contributed by atoms with Crippen LogP contribution in [0.2, 0.25) is 5.02 Å². The second-order valence-electron chi connectivity index (χ2n) is 4.36. The van der Waals surface area contributed by atoms with E-state index in [1.165, 1.54) is 18.2 Å². The minimum atomic E-state index is -0.537. The molecule has 0 atom stereocenters. The maximum absolute atomic E-state index is 12.1. The minimum absolute atomic E-state index is 0.113. The predicted molar refractivity (Wildman–Crippen MR) is 74.6 cm³/mol. The highest BCUT2D eigenvalue weighted by atomic mass is 35.5. The largest absolute Gasteiger partial charge is 0.342 e. The number of hydrogen-bond acceptors (Lipinski definition) is 3. The number of nitro groups is 1. The number of benzene rings is 1. The fourth-order valence-electron chi connectivity index (χ4n) is 1.70. The highest BCUT2D eigenvalue weighted by Gasteiger charge is 2.17. The first kappa shape index (κ1) is 15.4. The van der Waals surface area contributed by atoms with Crippen LogP contribution < -0.4 is 0 Å². The van der Waals surface area contributed by atoms with Crippen molar-refractivity contribution in [2.75, 3.05) is 13.6 Å². The normalized spacial score (nSPS) is 10.3. The van der Waals surface area contributed by atoms with Gasteiger partial charge in [-0.1, -0.05) is 31.4 Å². The summed E-state index contributed by atoms with van der Waals surface area (Å²) in [6.07, 6.45) is 3.08. The Balaban J connectivity index is 2.79. The minimum Gasteiger partial charge on any atom is -0.342 e. The monoisotopic (exact) mass is 284 g/mol. The van der Waals surface area contributed by atoms with Gasteiger partial charge in [-0.05, 0) is 12.5 Å². The molecule has 0 aliphatic rings. The molecule has 1 amide bonds. The van der Waals surface area contributed by atoms with E-state index >= 15 is 0 Å². The molecule has 6 heteroatoms. The number of carbonyl (C=O) groups is 1. The highest BCUT2D eigenvalue weighted by Crippen LogP contribution is 2.23. The van der Waals surface area contributed by atoms with Crippen molar-refractivity contribution in [1.29, 1.82) is 0 Å². The van der Waals surface area contributed by atoms with Gasteiger partial charge in [-0.3, -0.25) is 14.9 Å². The lowest BCUT2D eigenvalue weighted by Gasteiger charge is -2.17. The standard InChI is InChI=1S/C13H17ClN2O3/c1-3-4-5-8-15(2)13(17)11-7-6-10(16(18)19)9-12(11)14/h6-7,9H,3-5,8H2,1-2H3. The molecule has 0 aliphatic carbocycles. The number of halogens is 1. The van der Waals surface area contributed by atoms with Crippen molar-refractivity contribution >= 4 is 23.2 Å². The Morgan fingerprint density at radius 3 is 2.63 bits per heavy atom. The summed E-state index contributed by atoms with van der Waals surface area (Å²) in [5.74, 6) is -0.212. The van der Waals surface area contributed by atoms with Crippen LogP contribution in [-0.4, -0.2) is 29.3 Å². The van der Waals surface area contributed by atoms with Crippen molar-refractivity contribution in [3.8, 4) is 0 Å². The third kappa shape index (κ3) is 4.21. The number of nitro benzene ring substituents is 1. The van der Waals surface area contributed by atoms with Gasteiger partial charge in [0.2, 0.25) is 0 Å². The van der Waals surface area contributed by atoms with Crippen LogP contribution >= 0.6 is 11.6 Å². The fraction of sp³-hybridized carbons (Fsp3) is 0.462. The Kier molecular flexibility index (Phi) is 5.76. The Morgan fingerprint density at radius 1 is 1.42 bits per heavy atom. The third-order valence-corrected chi connectivity index (χ3v) is 3.15. The summed E-state index contributed by atoms with van der Waals surface area (Å²) < 4.78 is 0. The molecule has 0 fully saturated rings. The Bertz CT molecular complexity index is 477. The molecule has 5 nitrogen and oxygen atoms in total. The summed E-state index contributed by atoms with van der Waals surface area (Å²) in [5.41, 5.74) is 0.182. The molecule has 0 radical (unpaired) electrons. The van der Waals surface area contributed by atoms with E-state index in [2.05, 4.69) is 6.92 Å². The average molecular weight is 285 g/mol. The van der Waals surface area contributed by atoms with Gasteiger partial charge in [-0.15, -0.1) is 0 Å². The third-order valence-electron chi connectivity index (χ3n) is 2.84. The molecule has 0 bridgehead atoms. The second-order valence-corrected chi connectivity index (χ2v) is 4.76. The van der Waals surface area contributed by atoms with Gasteiger partial charge in [0.15, 0.2) is 0 Å². The quantitative estimate of drug-likeness (QED) is 0.456. The van der Waals surface area contributed by atoms with Crippen LogP contribution in [0.4, 0.5) is 5.69 Å². The van der Waals surface area contributed by atoms with Gasteiger partial charge in [-0.25, -0.2) is 0 Å². The maximum atomic E-state index is 12.1. The van der Waals surface area contributed by atoms with E-state index in [0.29, 0.717) is 12.1 Å². The Hall–Kier alpha value is -1.62. The molecular weight excluding hydrogens is 268 g/mol. The van der Waals surface area contributed by atoms with Crippen LogP contribution in [0, 0.1) is 10.1 Å². The molecule has 0 aromatic heterocycles. The number of rotatable bonds is 6. The molecule has 0 saturated carbocycles. The van der Waals surface area contributed by atoms with E-state index in [4.69, 9.17) is 11.6 Å². The van der Waals surface area contributed by atoms with E-state index in [1.807, 2.05) is 0 Å². The van der Waals surface area contributed by atoms with Crippen LogP contribution in [0.5, 0.6) is 0 Å². The topological polar surface area (TPSA) is 63.5 Å². The fourth-order valence-corrected chi connectivity index (χ4v) is 1.95. The lowest BCUT2D eigenvalue weighted by molar-refractivity contribution is -0.384. The molecule has 0 saturated heterocycles. The number of amides is 1. The Labute approximate surface area is 117 Å². The predicted octanol–water partition coefficient (Wildman–Crippen LogP) is 3.51. The Morgan fingerprint density at radius 2 is 2.11 bits per heavy atom. The number of non-ortho nitro benzene ring substituents is 1. The lowest BCUT2D eigenvalue weighted by atomic mass is 10.1. The molecule has 1 rings (SSSR count). The van der Waals surface area contributed by atoms with Gasteiger partial charge in [0.1, 0.15) is 0 Å². The van der Waals surface area contributed by atoms with Crippen molar-refractivity contribution in [3.63, 3.8) is 0 Å².